The summed E-state index contributed by atoms with van der Waals surface area (Å²) in [5.41, 5.74) is 3.34. The number of morpholine rings is 1. The fourth-order valence-electron chi connectivity index (χ4n) is 3.26. The zero-order valence-corrected chi connectivity index (χ0v) is 14.8. The molecule has 0 saturated carbocycles. The Bertz CT molecular complexity index is 902. The van der Waals surface area contributed by atoms with Gasteiger partial charge in [-0.15, -0.1) is 11.3 Å². The van der Waals surface area contributed by atoms with Gasteiger partial charge in [-0.05, 0) is 6.07 Å². The Hall–Kier alpha value is -2.20. The van der Waals surface area contributed by atoms with Gasteiger partial charge in [0, 0.05) is 47.7 Å². The van der Waals surface area contributed by atoms with Crippen LogP contribution in [0.1, 0.15) is 11.4 Å². The summed E-state index contributed by atoms with van der Waals surface area (Å²) in [6.45, 7) is 5.17. The van der Waals surface area contributed by atoms with Gasteiger partial charge >= 0.3 is 0 Å². The second kappa shape index (κ2) is 7.36. The topological polar surface area (TPSA) is 54.1 Å². The lowest BCUT2D eigenvalue weighted by atomic mass is 10.1. The van der Waals surface area contributed by atoms with Crippen LogP contribution in [0.3, 0.4) is 0 Å². The third-order valence-electron chi connectivity index (χ3n) is 4.54. The van der Waals surface area contributed by atoms with E-state index in [0.29, 0.717) is 13.0 Å². The molecule has 2 aromatic heterocycles. The molecule has 0 radical (unpaired) electrons. The van der Waals surface area contributed by atoms with Crippen molar-refractivity contribution in [1.82, 2.24) is 14.5 Å². The van der Waals surface area contributed by atoms with Crippen molar-refractivity contribution in [2.24, 2.45) is 0 Å². The summed E-state index contributed by atoms with van der Waals surface area (Å²) >= 11 is 1.72. The van der Waals surface area contributed by atoms with Gasteiger partial charge in [0.2, 0.25) is 0 Å². The third-order valence-corrected chi connectivity index (χ3v) is 5.38. The van der Waals surface area contributed by atoms with Crippen molar-refractivity contribution < 1.29 is 4.74 Å². The number of para-hydroxylation sites is 1. The number of nitriles is 1. The summed E-state index contributed by atoms with van der Waals surface area (Å²) in [6, 6.07) is 10.6. The van der Waals surface area contributed by atoms with Gasteiger partial charge in [0.15, 0.2) is 0 Å². The van der Waals surface area contributed by atoms with Gasteiger partial charge in [0.1, 0.15) is 5.01 Å². The Morgan fingerprint density at radius 3 is 2.92 bits per heavy atom. The summed E-state index contributed by atoms with van der Waals surface area (Å²) < 4.78 is 7.57. The van der Waals surface area contributed by atoms with Gasteiger partial charge in [-0.1, -0.05) is 18.2 Å². The van der Waals surface area contributed by atoms with E-state index in [1.807, 2.05) is 6.07 Å². The highest BCUT2D eigenvalue weighted by atomic mass is 32.1. The van der Waals surface area contributed by atoms with Crippen LogP contribution in [0, 0.1) is 11.3 Å². The van der Waals surface area contributed by atoms with Crippen molar-refractivity contribution in [3.63, 3.8) is 0 Å². The normalized spacial score (nSPS) is 15.5. The van der Waals surface area contributed by atoms with Crippen LogP contribution in [-0.2, 0) is 17.8 Å². The lowest BCUT2D eigenvalue weighted by Gasteiger charge is -2.25. The zero-order valence-electron chi connectivity index (χ0n) is 14.0. The second-order valence-electron chi connectivity index (χ2n) is 6.18. The van der Waals surface area contributed by atoms with E-state index in [-0.39, 0.29) is 0 Å². The SMILES string of the molecule is N#CCCn1cc(-c2csc(CN3CCOCC3)n2)c2ccccc21. The van der Waals surface area contributed by atoms with Crippen LogP contribution in [0.15, 0.2) is 35.8 Å². The molecule has 0 amide bonds. The maximum Gasteiger partial charge on any atom is 0.107 e. The Labute approximate surface area is 151 Å². The fraction of sp³-hybridized carbons (Fsp3) is 0.368. The summed E-state index contributed by atoms with van der Waals surface area (Å²) in [7, 11) is 0. The third kappa shape index (κ3) is 3.45. The minimum atomic E-state index is 0.511. The fourth-order valence-corrected chi connectivity index (χ4v) is 4.10. The highest BCUT2D eigenvalue weighted by Gasteiger charge is 2.16. The number of hydrogen-bond donors (Lipinski definition) is 0. The van der Waals surface area contributed by atoms with Crippen molar-refractivity contribution in [3.8, 4) is 17.3 Å². The lowest BCUT2D eigenvalue weighted by molar-refractivity contribution is 0.0342. The maximum atomic E-state index is 8.89. The molecule has 0 spiro atoms. The van der Waals surface area contributed by atoms with Gasteiger partial charge in [-0.25, -0.2) is 4.98 Å². The molecule has 0 N–H and O–H groups in total. The van der Waals surface area contributed by atoms with Crippen LogP contribution < -0.4 is 0 Å². The van der Waals surface area contributed by atoms with E-state index in [1.54, 1.807) is 11.3 Å². The van der Waals surface area contributed by atoms with Crippen LogP contribution in [0.5, 0.6) is 0 Å². The summed E-state index contributed by atoms with van der Waals surface area (Å²) in [5, 5.41) is 13.4. The molecule has 6 heteroatoms. The molecule has 1 saturated heterocycles. The number of benzene rings is 1. The van der Waals surface area contributed by atoms with Crippen LogP contribution in [0.2, 0.25) is 0 Å². The zero-order chi connectivity index (χ0) is 17.1. The Balaban J connectivity index is 1.62. The predicted molar refractivity (Wildman–Crippen MR) is 99.4 cm³/mol. The summed E-state index contributed by atoms with van der Waals surface area (Å²) in [5.74, 6) is 0. The number of aromatic nitrogens is 2. The van der Waals surface area contributed by atoms with E-state index in [9.17, 15) is 0 Å². The van der Waals surface area contributed by atoms with E-state index in [2.05, 4.69) is 45.3 Å². The largest absolute Gasteiger partial charge is 0.379 e. The summed E-state index contributed by atoms with van der Waals surface area (Å²) in [6.07, 6.45) is 2.65. The first-order chi connectivity index (χ1) is 12.3. The smallest absolute Gasteiger partial charge is 0.107 e. The molecule has 1 fully saturated rings. The van der Waals surface area contributed by atoms with Crippen LogP contribution in [0.4, 0.5) is 0 Å². The first kappa shape index (κ1) is 16.3. The molecule has 1 aliphatic rings. The van der Waals surface area contributed by atoms with Gasteiger partial charge in [-0.2, -0.15) is 5.26 Å². The van der Waals surface area contributed by atoms with Crippen LogP contribution in [-0.4, -0.2) is 40.8 Å². The van der Waals surface area contributed by atoms with Gasteiger partial charge < -0.3 is 9.30 Å². The average molecular weight is 352 g/mol. The molecular weight excluding hydrogens is 332 g/mol. The molecule has 0 bridgehead atoms. The standard InChI is InChI=1S/C19H20N4OS/c20-6-3-7-23-12-16(15-4-1-2-5-18(15)23)17-14-25-19(21-17)13-22-8-10-24-11-9-22/h1-2,4-5,12,14H,3,7-11,13H2. The highest BCUT2D eigenvalue weighted by molar-refractivity contribution is 7.09. The van der Waals surface area contributed by atoms with Gasteiger partial charge in [0.05, 0.1) is 37.9 Å². The molecule has 4 rings (SSSR count). The van der Waals surface area contributed by atoms with Crippen LogP contribution in [0.25, 0.3) is 22.2 Å². The number of rotatable bonds is 5. The number of fused-ring (bicyclic) bond motifs is 1. The average Bonchev–Trinajstić information content (AvgIpc) is 3.25. The van der Waals surface area contributed by atoms with Gasteiger partial charge in [-0.3, -0.25) is 4.90 Å². The predicted octanol–water partition coefficient (Wildman–Crippen LogP) is 3.51. The summed E-state index contributed by atoms with van der Waals surface area (Å²) in [4.78, 5) is 7.27. The Morgan fingerprint density at radius 2 is 2.08 bits per heavy atom. The first-order valence-electron chi connectivity index (χ1n) is 8.55. The molecule has 0 atom stereocenters. The monoisotopic (exact) mass is 352 g/mol. The van der Waals surface area contributed by atoms with E-state index in [4.69, 9.17) is 15.0 Å². The molecule has 0 unspecified atom stereocenters. The number of nitrogens with zero attached hydrogens (tertiary/aromatic N) is 4. The number of hydrogen-bond acceptors (Lipinski definition) is 5. The van der Waals surface area contributed by atoms with Crippen molar-refractivity contribution in [3.05, 3.63) is 40.8 Å². The maximum absolute atomic E-state index is 8.89. The molecule has 25 heavy (non-hydrogen) atoms. The molecule has 1 aliphatic heterocycles. The molecule has 128 valence electrons. The van der Waals surface area contributed by atoms with E-state index < -0.39 is 0 Å². The van der Waals surface area contributed by atoms with Gasteiger partial charge in [0.25, 0.3) is 0 Å². The van der Waals surface area contributed by atoms with E-state index >= 15 is 0 Å². The Kier molecular flexibility index (Phi) is 4.79. The molecule has 1 aromatic carbocycles. The van der Waals surface area contributed by atoms with Crippen LogP contribution >= 0.6 is 11.3 Å². The van der Waals surface area contributed by atoms with E-state index in [1.165, 1.54) is 5.39 Å². The number of aryl methyl sites for hydroxylation is 1. The van der Waals surface area contributed by atoms with Crippen molar-refractivity contribution >= 4 is 22.2 Å². The van der Waals surface area contributed by atoms with E-state index in [0.717, 1.165) is 54.6 Å². The molecule has 0 aliphatic carbocycles. The van der Waals surface area contributed by atoms with Crippen molar-refractivity contribution in [2.45, 2.75) is 19.5 Å². The quantitative estimate of drug-likeness (QED) is 0.705. The minimum Gasteiger partial charge on any atom is -0.379 e. The number of thiazole rings is 1. The molecule has 5 nitrogen and oxygen atoms in total. The van der Waals surface area contributed by atoms with Crippen molar-refractivity contribution in [1.29, 1.82) is 5.26 Å². The molecular formula is C19H20N4OS. The lowest BCUT2D eigenvalue weighted by Crippen LogP contribution is -2.35. The molecule has 3 aromatic rings. The number of ether oxygens (including phenoxy) is 1. The minimum absolute atomic E-state index is 0.511. The molecule has 3 heterocycles. The second-order valence-corrected chi connectivity index (χ2v) is 7.12. The Morgan fingerprint density at radius 1 is 1.24 bits per heavy atom. The van der Waals surface area contributed by atoms with Crippen molar-refractivity contribution in [2.75, 3.05) is 26.3 Å². The first-order valence-corrected chi connectivity index (χ1v) is 9.43. The highest BCUT2D eigenvalue weighted by Crippen LogP contribution is 2.31.